The van der Waals surface area contributed by atoms with Gasteiger partial charge in [-0.1, -0.05) is 13.0 Å². The van der Waals surface area contributed by atoms with E-state index >= 15 is 0 Å². The Bertz CT molecular complexity index is 473. The van der Waals surface area contributed by atoms with Crippen molar-refractivity contribution in [2.24, 2.45) is 5.92 Å². The molecular formula is C15H23N3O3. The van der Waals surface area contributed by atoms with Crippen LogP contribution in [0.5, 0.6) is 5.75 Å². The maximum atomic E-state index is 11.3. The molecule has 0 bridgehead atoms. The van der Waals surface area contributed by atoms with Crippen LogP contribution in [0.25, 0.3) is 0 Å². The summed E-state index contributed by atoms with van der Waals surface area (Å²) >= 11 is 0. The van der Waals surface area contributed by atoms with Crippen LogP contribution in [-0.2, 0) is 0 Å². The Hall–Kier alpha value is -1.82. The molecule has 0 aromatic heterocycles. The third-order valence-electron chi connectivity index (χ3n) is 3.62. The van der Waals surface area contributed by atoms with E-state index in [9.17, 15) is 10.1 Å². The van der Waals surface area contributed by atoms with Gasteiger partial charge in [0.1, 0.15) is 5.69 Å². The van der Waals surface area contributed by atoms with Crippen molar-refractivity contribution in [2.45, 2.75) is 26.2 Å². The fourth-order valence-electron chi connectivity index (χ4n) is 2.53. The molecule has 0 radical (unpaired) electrons. The van der Waals surface area contributed by atoms with E-state index < -0.39 is 0 Å². The van der Waals surface area contributed by atoms with E-state index in [0.29, 0.717) is 24.0 Å². The predicted octanol–water partition coefficient (Wildman–Crippen LogP) is 2.80. The second kappa shape index (κ2) is 7.83. The van der Waals surface area contributed by atoms with E-state index in [1.807, 2.05) is 6.92 Å². The molecule has 1 atom stereocenters. The van der Waals surface area contributed by atoms with Gasteiger partial charge in [-0.3, -0.25) is 10.1 Å². The van der Waals surface area contributed by atoms with Crippen LogP contribution in [0.15, 0.2) is 18.2 Å². The first kappa shape index (κ1) is 15.6. The molecule has 1 unspecified atom stereocenters. The molecule has 6 nitrogen and oxygen atoms in total. The number of hydrogen-bond acceptors (Lipinski definition) is 5. The van der Waals surface area contributed by atoms with Crippen molar-refractivity contribution in [3.05, 3.63) is 28.3 Å². The summed E-state index contributed by atoms with van der Waals surface area (Å²) in [5.41, 5.74) is 0.578. The first-order valence-electron chi connectivity index (χ1n) is 7.57. The number of benzene rings is 1. The highest BCUT2D eigenvalue weighted by atomic mass is 16.6. The molecule has 0 amide bonds. The molecule has 1 saturated heterocycles. The van der Waals surface area contributed by atoms with Gasteiger partial charge in [-0.15, -0.1) is 0 Å². The van der Waals surface area contributed by atoms with Crippen LogP contribution in [0.3, 0.4) is 0 Å². The molecule has 21 heavy (non-hydrogen) atoms. The number of rotatable bonds is 7. The molecule has 1 aromatic carbocycles. The zero-order valence-corrected chi connectivity index (χ0v) is 12.4. The monoisotopic (exact) mass is 293 g/mol. The second-order valence-corrected chi connectivity index (χ2v) is 5.35. The molecule has 1 aromatic rings. The topological polar surface area (TPSA) is 76.4 Å². The minimum atomic E-state index is -0.369. The Morgan fingerprint density at radius 1 is 1.52 bits per heavy atom. The largest absolute Gasteiger partial charge is 0.487 e. The average Bonchev–Trinajstić information content (AvgIpc) is 2.51. The van der Waals surface area contributed by atoms with Gasteiger partial charge in [-0.2, -0.15) is 0 Å². The van der Waals surface area contributed by atoms with Crippen molar-refractivity contribution in [1.82, 2.24) is 5.32 Å². The second-order valence-electron chi connectivity index (χ2n) is 5.35. The number of nitro groups is 1. The molecule has 0 saturated carbocycles. The summed E-state index contributed by atoms with van der Waals surface area (Å²) in [6.07, 6.45) is 3.14. The minimum Gasteiger partial charge on any atom is -0.487 e. The summed E-state index contributed by atoms with van der Waals surface area (Å²) in [5.74, 6) is 0.854. The molecule has 1 aliphatic heterocycles. The third kappa shape index (κ3) is 4.32. The number of nitro benzene ring substituents is 1. The van der Waals surface area contributed by atoms with Crippen molar-refractivity contribution < 1.29 is 9.66 Å². The van der Waals surface area contributed by atoms with Crippen LogP contribution >= 0.6 is 0 Å². The number of hydrogen-bond donors (Lipinski definition) is 2. The van der Waals surface area contributed by atoms with Crippen molar-refractivity contribution in [3.8, 4) is 5.75 Å². The van der Waals surface area contributed by atoms with E-state index in [1.54, 1.807) is 18.2 Å². The molecule has 1 fully saturated rings. The summed E-state index contributed by atoms with van der Waals surface area (Å²) < 4.78 is 5.49. The average molecular weight is 293 g/mol. The fourth-order valence-corrected chi connectivity index (χ4v) is 2.53. The Morgan fingerprint density at radius 3 is 3.05 bits per heavy atom. The van der Waals surface area contributed by atoms with Crippen LogP contribution in [0.1, 0.15) is 26.2 Å². The summed E-state index contributed by atoms with van der Waals surface area (Å²) in [6.45, 7) is 5.23. The number of para-hydroxylation sites is 1. The van der Waals surface area contributed by atoms with Crippen molar-refractivity contribution in [3.63, 3.8) is 0 Å². The molecule has 1 aliphatic rings. The Morgan fingerprint density at radius 2 is 2.38 bits per heavy atom. The molecule has 6 heteroatoms. The van der Waals surface area contributed by atoms with Gasteiger partial charge in [0.25, 0.3) is 0 Å². The van der Waals surface area contributed by atoms with Gasteiger partial charge in [-0.05, 0) is 50.4 Å². The molecular weight excluding hydrogens is 270 g/mol. The van der Waals surface area contributed by atoms with Crippen LogP contribution in [-0.4, -0.2) is 31.2 Å². The Kier molecular flexibility index (Phi) is 5.80. The number of nitrogens with zero attached hydrogens (tertiary/aromatic N) is 1. The van der Waals surface area contributed by atoms with Gasteiger partial charge >= 0.3 is 5.69 Å². The summed E-state index contributed by atoms with van der Waals surface area (Å²) in [7, 11) is 0. The maximum Gasteiger partial charge on any atom is 0.333 e. The number of anilines is 1. The maximum absolute atomic E-state index is 11.3. The van der Waals surface area contributed by atoms with Gasteiger partial charge < -0.3 is 15.4 Å². The lowest BCUT2D eigenvalue weighted by molar-refractivity contribution is -0.385. The molecule has 0 spiro atoms. The SMILES string of the molecule is CCCOc1cccc(NCC2CCCNC2)c1[N+](=O)[O-]. The fraction of sp³-hybridized carbons (Fsp3) is 0.600. The van der Waals surface area contributed by atoms with E-state index in [0.717, 1.165) is 38.9 Å². The lowest BCUT2D eigenvalue weighted by atomic mass is 9.99. The molecule has 0 aliphatic carbocycles. The van der Waals surface area contributed by atoms with Crippen LogP contribution in [0.2, 0.25) is 0 Å². The Labute approximate surface area is 125 Å². The van der Waals surface area contributed by atoms with Gasteiger partial charge in [0, 0.05) is 6.54 Å². The van der Waals surface area contributed by atoms with Crippen LogP contribution in [0.4, 0.5) is 11.4 Å². The van der Waals surface area contributed by atoms with Crippen molar-refractivity contribution in [1.29, 1.82) is 0 Å². The predicted molar refractivity (Wildman–Crippen MR) is 83.0 cm³/mol. The van der Waals surface area contributed by atoms with E-state index in [-0.39, 0.29) is 10.6 Å². The smallest absolute Gasteiger partial charge is 0.333 e. The zero-order valence-electron chi connectivity index (χ0n) is 12.4. The van der Waals surface area contributed by atoms with Gasteiger partial charge in [-0.25, -0.2) is 0 Å². The van der Waals surface area contributed by atoms with Gasteiger partial charge in [0.15, 0.2) is 5.75 Å². The number of piperidine rings is 1. The highest BCUT2D eigenvalue weighted by Gasteiger charge is 2.22. The lowest BCUT2D eigenvalue weighted by Gasteiger charge is -2.23. The summed E-state index contributed by atoms with van der Waals surface area (Å²) in [5, 5.41) is 17.9. The van der Waals surface area contributed by atoms with Crippen molar-refractivity contribution >= 4 is 11.4 Å². The summed E-state index contributed by atoms with van der Waals surface area (Å²) in [4.78, 5) is 11.0. The highest BCUT2D eigenvalue weighted by Crippen LogP contribution is 2.35. The molecule has 1 heterocycles. The standard InChI is InChI=1S/C15H23N3O3/c1-2-9-21-14-7-3-6-13(15(14)18(19)20)17-11-12-5-4-8-16-10-12/h3,6-7,12,16-17H,2,4-5,8-11H2,1H3. The molecule has 2 rings (SSSR count). The Balaban J connectivity index is 2.07. The normalized spacial score (nSPS) is 18.2. The molecule has 116 valence electrons. The van der Waals surface area contributed by atoms with Crippen LogP contribution < -0.4 is 15.4 Å². The zero-order chi connectivity index (χ0) is 15.1. The van der Waals surface area contributed by atoms with Crippen molar-refractivity contribution in [2.75, 3.05) is 31.6 Å². The number of ether oxygens (including phenoxy) is 1. The summed E-state index contributed by atoms with van der Waals surface area (Å²) in [6, 6.07) is 5.19. The molecule has 2 N–H and O–H groups in total. The van der Waals surface area contributed by atoms with E-state index in [2.05, 4.69) is 10.6 Å². The van der Waals surface area contributed by atoms with Gasteiger partial charge in [0.2, 0.25) is 0 Å². The third-order valence-corrected chi connectivity index (χ3v) is 3.62. The highest BCUT2D eigenvalue weighted by molar-refractivity contribution is 5.68. The van der Waals surface area contributed by atoms with E-state index in [1.165, 1.54) is 0 Å². The van der Waals surface area contributed by atoms with Gasteiger partial charge in [0.05, 0.1) is 11.5 Å². The first-order valence-corrected chi connectivity index (χ1v) is 7.57. The van der Waals surface area contributed by atoms with Crippen LogP contribution in [0, 0.1) is 16.0 Å². The minimum absolute atomic E-state index is 0.0368. The first-order chi connectivity index (χ1) is 10.2. The lowest BCUT2D eigenvalue weighted by Crippen LogP contribution is -2.33. The van der Waals surface area contributed by atoms with E-state index in [4.69, 9.17) is 4.74 Å². The number of nitrogens with one attached hydrogen (secondary N) is 2. The quantitative estimate of drug-likeness (QED) is 0.597.